The van der Waals surface area contributed by atoms with E-state index >= 15 is 0 Å². The molecule has 0 atom stereocenters. The number of benzene rings is 1. The molecule has 0 unspecified atom stereocenters. The first-order valence-electron chi connectivity index (χ1n) is 5.41. The molecule has 0 N–H and O–H groups in total. The predicted molar refractivity (Wildman–Crippen MR) is 68.1 cm³/mol. The number of Topliss-reactive ketones (excluding diaryl/α,β-unsaturated/α-hetero) is 1. The van der Waals surface area contributed by atoms with Crippen LogP contribution in [0.25, 0.3) is 0 Å². The van der Waals surface area contributed by atoms with Crippen LogP contribution >= 0.6 is 0 Å². The molecular weight excluding hydrogens is 200 g/mol. The fourth-order valence-corrected chi connectivity index (χ4v) is 1.65. The summed E-state index contributed by atoms with van der Waals surface area (Å²) in [5.41, 5.74) is 0.782. The Balaban J connectivity index is 0.00000225. The highest BCUT2D eigenvalue weighted by molar-refractivity contribution is 5.97. The number of rotatable bonds is 5. The van der Waals surface area contributed by atoms with Crippen molar-refractivity contribution in [2.45, 2.75) is 34.1 Å². The van der Waals surface area contributed by atoms with E-state index in [1.165, 1.54) is 0 Å². The molecule has 16 heavy (non-hydrogen) atoms. The zero-order valence-electron chi connectivity index (χ0n) is 9.62. The summed E-state index contributed by atoms with van der Waals surface area (Å²) >= 11 is 0. The van der Waals surface area contributed by atoms with E-state index in [9.17, 15) is 4.79 Å². The summed E-state index contributed by atoms with van der Waals surface area (Å²) in [4.78, 5) is 12.0. The summed E-state index contributed by atoms with van der Waals surface area (Å²) in [5, 5.41) is 0. The Bertz CT molecular complexity index is 310. The summed E-state index contributed by atoms with van der Waals surface area (Å²) < 4.78 is 5.05. The molecule has 0 aliphatic carbocycles. The van der Waals surface area contributed by atoms with Crippen molar-refractivity contribution in [2.24, 2.45) is 5.92 Å². The van der Waals surface area contributed by atoms with E-state index in [-0.39, 0.29) is 19.1 Å². The molecule has 0 saturated carbocycles. The number of methoxy groups -OCH3 is 1. The van der Waals surface area contributed by atoms with E-state index < -0.39 is 0 Å². The molecule has 0 heterocycles. The molecule has 1 rings (SSSR count). The Kier molecular flexibility index (Phi) is 6.47. The largest absolute Gasteiger partial charge is 0.497 e. The summed E-state index contributed by atoms with van der Waals surface area (Å²) in [5.74, 6) is 1.18. The second-order valence-corrected chi connectivity index (χ2v) is 3.61. The fraction of sp³-hybridized carbons (Fsp3) is 0.500. The highest BCUT2D eigenvalue weighted by atomic mass is 16.5. The van der Waals surface area contributed by atoms with Crippen LogP contribution < -0.4 is 4.74 Å². The zero-order valence-corrected chi connectivity index (χ0v) is 9.62. The van der Waals surface area contributed by atoms with Gasteiger partial charge >= 0.3 is 0 Å². The molecular formula is C14H22O2. The quantitative estimate of drug-likeness (QED) is 0.705. The number of carbonyl (C=O) groups is 1. The first kappa shape index (κ1) is 14.7. The van der Waals surface area contributed by atoms with Crippen LogP contribution in [0.5, 0.6) is 5.75 Å². The molecule has 2 heteroatoms. The molecule has 0 aliphatic rings. The molecule has 1 aromatic carbocycles. The number of ether oxygens (including phenoxy) is 1. The molecule has 0 amide bonds. The van der Waals surface area contributed by atoms with Crippen molar-refractivity contribution < 1.29 is 9.53 Å². The van der Waals surface area contributed by atoms with Crippen molar-refractivity contribution in [1.82, 2.24) is 0 Å². The van der Waals surface area contributed by atoms with Crippen LogP contribution in [-0.2, 0) is 0 Å². The van der Waals surface area contributed by atoms with Gasteiger partial charge in [0.15, 0.2) is 5.78 Å². The minimum absolute atomic E-state index is 0. The van der Waals surface area contributed by atoms with Crippen molar-refractivity contribution in [3.63, 3.8) is 0 Å². The highest BCUT2D eigenvalue weighted by Crippen LogP contribution is 2.18. The van der Waals surface area contributed by atoms with Gasteiger partial charge in [0.1, 0.15) is 5.75 Å². The third-order valence-corrected chi connectivity index (χ3v) is 2.73. The summed E-state index contributed by atoms with van der Waals surface area (Å²) in [7, 11) is 1.62. The van der Waals surface area contributed by atoms with Crippen molar-refractivity contribution in [3.8, 4) is 5.75 Å². The monoisotopic (exact) mass is 222 g/mol. The van der Waals surface area contributed by atoms with Crippen LogP contribution in [0.1, 0.15) is 44.5 Å². The summed E-state index contributed by atoms with van der Waals surface area (Å²) in [6, 6.07) is 7.32. The Hall–Kier alpha value is -1.31. The van der Waals surface area contributed by atoms with Gasteiger partial charge in [0, 0.05) is 11.5 Å². The lowest BCUT2D eigenvalue weighted by atomic mass is 9.93. The second-order valence-electron chi connectivity index (χ2n) is 3.61. The van der Waals surface area contributed by atoms with Crippen molar-refractivity contribution in [1.29, 1.82) is 0 Å². The van der Waals surface area contributed by atoms with Gasteiger partial charge in [0.05, 0.1) is 7.11 Å². The Morgan fingerprint density at radius 3 is 2.06 bits per heavy atom. The highest BCUT2D eigenvalue weighted by Gasteiger charge is 2.15. The van der Waals surface area contributed by atoms with Crippen molar-refractivity contribution in [2.75, 3.05) is 7.11 Å². The van der Waals surface area contributed by atoms with Crippen LogP contribution in [0.3, 0.4) is 0 Å². The lowest BCUT2D eigenvalue weighted by Gasteiger charge is -2.11. The van der Waals surface area contributed by atoms with E-state index in [1.54, 1.807) is 7.11 Å². The molecule has 90 valence electrons. The van der Waals surface area contributed by atoms with Gasteiger partial charge in [-0.2, -0.15) is 0 Å². The first-order valence-corrected chi connectivity index (χ1v) is 5.41. The van der Waals surface area contributed by atoms with Gasteiger partial charge in [0.2, 0.25) is 0 Å². The Morgan fingerprint density at radius 1 is 1.19 bits per heavy atom. The normalized spacial score (nSPS) is 9.75. The van der Waals surface area contributed by atoms with E-state index in [1.807, 2.05) is 24.3 Å². The van der Waals surface area contributed by atoms with Gasteiger partial charge < -0.3 is 4.74 Å². The lowest BCUT2D eigenvalue weighted by molar-refractivity contribution is 0.0913. The first-order chi connectivity index (χ1) is 7.22. The maximum Gasteiger partial charge on any atom is 0.165 e. The average molecular weight is 222 g/mol. The maximum atomic E-state index is 12.0. The predicted octanol–water partition coefficient (Wildman–Crippen LogP) is 3.95. The molecule has 0 bridgehead atoms. The van der Waals surface area contributed by atoms with Gasteiger partial charge in [-0.25, -0.2) is 0 Å². The van der Waals surface area contributed by atoms with Gasteiger partial charge in [-0.15, -0.1) is 0 Å². The molecule has 0 aliphatic heterocycles. The summed E-state index contributed by atoms with van der Waals surface area (Å²) in [6.45, 7) is 4.10. The Morgan fingerprint density at radius 2 is 1.69 bits per heavy atom. The minimum Gasteiger partial charge on any atom is -0.497 e. The minimum atomic E-state index is 0. The van der Waals surface area contributed by atoms with Crippen LogP contribution in [0.2, 0.25) is 0 Å². The average Bonchev–Trinajstić information content (AvgIpc) is 2.30. The maximum absolute atomic E-state index is 12.0. The fourth-order valence-electron chi connectivity index (χ4n) is 1.65. The lowest BCUT2D eigenvalue weighted by Crippen LogP contribution is -2.12. The van der Waals surface area contributed by atoms with Gasteiger partial charge in [-0.1, -0.05) is 21.3 Å². The molecule has 0 aromatic heterocycles. The van der Waals surface area contributed by atoms with Crippen LogP contribution in [-0.4, -0.2) is 12.9 Å². The third kappa shape index (κ3) is 3.37. The Labute approximate surface area is 98.6 Å². The standard InChI is InChI=1S/C13H18O2.CH4/c1-4-10(5-2)13(14)11-6-8-12(15-3)9-7-11;/h6-10H,4-5H2,1-3H3;1H4. The number of hydrogen-bond donors (Lipinski definition) is 0. The van der Waals surface area contributed by atoms with Crippen LogP contribution in [0.15, 0.2) is 24.3 Å². The molecule has 0 spiro atoms. The van der Waals surface area contributed by atoms with E-state index in [2.05, 4.69) is 13.8 Å². The van der Waals surface area contributed by atoms with E-state index in [4.69, 9.17) is 4.74 Å². The second kappa shape index (κ2) is 7.04. The molecule has 0 fully saturated rings. The van der Waals surface area contributed by atoms with Crippen LogP contribution in [0.4, 0.5) is 0 Å². The van der Waals surface area contributed by atoms with Gasteiger partial charge in [-0.05, 0) is 37.1 Å². The van der Waals surface area contributed by atoms with E-state index in [0.29, 0.717) is 0 Å². The third-order valence-electron chi connectivity index (χ3n) is 2.73. The van der Waals surface area contributed by atoms with Crippen molar-refractivity contribution in [3.05, 3.63) is 29.8 Å². The van der Waals surface area contributed by atoms with Crippen LogP contribution in [0, 0.1) is 5.92 Å². The van der Waals surface area contributed by atoms with E-state index in [0.717, 1.165) is 24.2 Å². The number of carbonyl (C=O) groups excluding carboxylic acids is 1. The van der Waals surface area contributed by atoms with Gasteiger partial charge in [0.25, 0.3) is 0 Å². The van der Waals surface area contributed by atoms with Gasteiger partial charge in [-0.3, -0.25) is 4.79 Å². The number of ketones is 1. The number of hydrogen-bond acceptors (Lipinski definition) is 2. The molecule has 0 radical (unpaired) electrons. The SMILES string of the molecule is C.CCC(CC)C(=O)c1ccc(OC)cc1. The molecule has 2 nitrogen and oxygen atoms in total. The molecule has 0 saturated heterocycles. The topological polar surface area (TPSA) is 26.3 Å². The van der Waals surface area contributed by atoms with Crippen molar-refractivity contribution >= 4 is 5.78 Å². The zero-order chi connectivity index (χ0) is 11.3. The summed E-state index contributed by atoms with van der Waals surface area (Å²) in [6.07, 6.45) is 1.81. The smallest absolute Gasteiger partial charge is 0.165 e. The molecule has 1 aromatic rings.